The molecule has 4 N–H and O–H groups in total. The van der Waals surface area contributed by atoms with Crippen LogP contribution in [0.2, 0.25) is 0 Å². The van der Waals surface area contributed by atoms with E-state index in [1.165, 1.54) is 0 Å². The predicted octanol–water partition coefficient (Wildman–Crippen LogP) is 1.75. The molecule has 2 unspecified atom stereocenters. The molecule has 2 rings (SSSR count). The summed E-state index contributed by atoms with van der Waals surface area (Å²) in [5.74, 6) is 0.0316. The Kier molecular flexibility index (Phi) is 6.59. The van der Waals surface area contributed by atoms with Gasteiger partial charge in [-0.3, -0.25) is 9.59 Å². The van der Waals surface area contributed by atoms with Gasteiger partial charge in [0.25, 0.3) is 0 Å². The van der Waals surface area contributed by atoms with E-state index in [0.717, 1.165) is 31.2 Å². The first-order valence-electron chi connectivity index (χ1n) is 8.45. The van der Waals surface area contributed by atoms with Crippen LogP contribution >= 0.6 is 0 Å². The summed E-state index contributed by atoms with van der Waals surface area (Å²) in [4.78, 5) is 23.8. The first-order chi connectivity index (χ1) is 11.1. The van der Waals surface area contributed by atoms with Gasteiger partial charge in [0.1, 0.15) is 0 Å². The van der Waals surface area contributed by atoms with Crippen LogP contribution in [-0.2, 0) is 9.59 Å². The summed E-state index contributed by atoms with van der Waals surface area (Å²) in [6.07, 6.45) is 3.92. The lowest BCUT2D eigenvalue weighted by molar-refractivity contribution is -0.127. The fourth-order valence-electron chi connectivity index (χ4n) is 2.61. The zero-order valence-corrected chi connectivity index (χ0v) is 13.8. The number of nitrogens with one attached hydrogen (secondary N) is 2. The molecule has 1 aromatic rings. The van der Waals surface area contributed by atoms with Crippen molar-refractivity contribution in [1.29, 1.82) is 0 Å². The minimum atomic E-state index is -0.311. The Morgan fingerprint density at radius 3 is 2.43 bits per heavy atom. The minimum absolute atomic E-state index is 0.0494. The molecule has 1 aliphatic rings. The van der Waals surface area contributed by atoms with Gasteiger partial charge in [0, 0.05) is 25.0 Å². The summed E-state index contributed by atoms with van der Waals surface area (Å²) >= 11 is 0. The van der Waals surface area contributed by atoms with Crippen molar-refractivity contribution in [3.8, 4) is 0 Å². The highest BCUT2D eigenvalue weighted by Gasteiger charge is 2.24. The monoisotopic (exact) mass is 317 g/mol. The number of amides is 2. The van der Waals surface area contributed by atoms with E-state index in [9.17, 15) is 9.59 Å². The van der Waals surface area contributed by atoms with Crippen molar-refractivity contribution >= 4 is 11.8 Å². The first kappa shape index (κ1) is 17.5. The van der Waals surface area contributed by atoms with Crippen molar-refractivity contribution < 1.29 is 9.59 Å². The molecule has 2 atom stereocenters. The molecule has 126 valence electrons. The third kappa shape index (κ3) is 5.06. The smallest absolute Gasteiger partial charge is 0.224 e. The Balaban J connectivity index is 1.63. The third-order valence-electron chi connectivity index (χ3n) is 4.56. The van der Waals surface area contributed by atoms with E-state index < -0.39 is 0 Å². The van der Waals surface area contributed by atoms with Crippen LogP contribution in [0.3, 0.4) is 0 Å². The number of carbonyl (C=O) groups excluding carboxylic acids is 2. The van der Waals surface area contributed by atoms with Gasteiger partial charge in [-0.2, -0.15) is 0 Å². The largest absolute Gasteiger partial charge is 0.356 e. The summed E-state index contributed by atoms with van der Waals surface area (Å²) in [5.41, 5.74) is 7.11. The van der Waals surface area contributed by atoms with Gasteiger partial charge in [0.2, 0.25) is 11.8 Å². The van der Waals surface area contributed by atoms with Crippen LogP contribution in [0.25, 0.3) is 0 Å². The van der Waals surface area contributed by atoms with Gasteiger partial charge < -0.3 is 16.4 Å². The van der Waals surface area contributed by atoms with E-state index >= 15 is 0 Å². The normalized spacial score (nSPS) is 17.0. The lowest BCUT2D eigenvalue weighted by Gasteiger charge is -2.24. The summed E-state index contributed by atoms with van der Waals surface area (Å²) in [7, 11) is 0. The molecule has 5 nitrogen and oxygen atoms in total. The second-order valence-corrected chi connectivity index (χ2v) is 6.29. The van der Waals surface area contributed by atoms with Crippen molar-refractivity contribution in [3.05, 3.63) is 35.9 Å². The number of rotatable bonds is 8. The predicted molar refractivity (Wildman–Crippen MR) is 90.5 cm³/mol. The maximum Gasteiger partial charge on any atom is 0.224 e. The van der Waals surface area contributed by atoms with Crippen LogP contribution in [-0.4, -0.2) is 24.9 Å². The maximum atomic E-state index is 12.1. The molecule has 0 spiro atoms. The maximum absolute atomic E-state index is 12.1. The van der Waals surface area contributed by atoms with E-state index in [2.05, 4.69) is 10.6 Å². The summed E-state index contributed by atoms with van der Waals surface area (Å²) < 4.78 is 0. The SMILES string of the molecule is CC(C(=O)NCCCNC(=O)C1CCC1)C(N)c1ccccc1. The number of nitrogens with two attached hydrogens (primary N) is 1. The van der Waals surface area contributed by atoms with E-state index in [4.69, 9.17) is 5.73 Å². The van der Waals surface area contributed by atoms with Gasteiger partial charge in [-0.25, -0.2) is 0 Å². The average Bonchev–Trinajstić information content (AvgIpc) is 2.52. The molecular weight excluding hydrogens is 290 g/mol. The summed E-state index contributed by atoms with van der Waals surface area (Å²) in [5, 5.41) is 5.82. The van der Waals surface area contributed by atoms with Crippen molar-refractivity contribution in [2.45, 2.75) is 38.6 Å². The Bertz CT molecular complexity index is 514. The molecule has 0 aliphatic heterocycles. The molecule has 2 amide bonds. The lowest BCUT2D eigenvalue weighted by atomic mass is 9.85. The molecule has 0 bridgehead atoms. The van der Waals surface area contributed by atoms with E-state index in [1.54, 1.807) is 0 Å². The second kappa shape index (κ2) is 8.67. The van der Waals surface area contributed by atoms with Crippen LogP contribution in [0.4, 0.5) is 0 Å². The average molecular weight is 317 g/mol. The molecule has 23 heavy (non-hydrogen) atoms. The Hall–Kier alpha value is -1.88. The van der Waals surface area contributed by atoms with Crippen LogP contribution in [0.15, 0.2) is 30.3 Å². The molecule has 1 aromatic carbocycles. The van der Waals surface area contributed by atoms with Gasteiger partial charge in [0.05, 0.1) is 5.92 Å². The summed E-state index contributed by atoms with van der Waals surface area (Å²) in [6, 6.07) is 9.33. The van der Waals surface area contributed by atoms with Crippen LogP contribution in [0.5, 0.6) is 0 Å². The summed E-state index contributed by atoms with van der Waals surface area (Å²) in [6.45, 7) is 3.00. The van der Waals surface area contributed by atoms with E-state index in [1.807, 2.05) is 37.3 Å². The van der Waals surface area contributed by atoms with Gasteiger partial charge in [-0.15, -0.1) is 0 Å². The second-order valence-electron chi connectivity index (χ2n) is 6.29. The van der Waals surface area contributed by atoms with Crippen molar-refractivity contribution in [3.63, 3.8) is 0 Å². The topological polar surface area (TPSA) is 84.2 Å². The highest BCUT2D eigenvalue weighted by Crippen LogP contribution is 2.26. The Morgan fingerprint density at radius 2 is 1.83 bits per heavy atom. The third-order valence-corrected chi connectivity index (χ3v) is 4.56. The fraction of sp³-hybridized carbons (Fsp3) is 0.556. The number of benzene rings is 1. The van der Waals surface area contributed by atoms with Crippen LogP contribution in [0.1, 0.15) is 44.2 Å². The highest BCUT2D eigenvalue weighted by molar-refractivity contribution is 5.79. The zero-order valence-electron chi connectivity index (χ0n) is 13.8. The van der Waals surface area contributed by atoms with Crippen LogP contribution < -0.4 is 16.4 Å². The van der Waals surface area contributed by atoms with Gasteiger partial charge >= 0.3 is 0 Å². The molecule has 0 radical (unpaired) electrons. The Morgan fingerprint density at radius 1 is 1.17 bits per heavy atom. The van der Waals surface area contributed by atoms with Crippen LogP contribution in [0, 0.1) is 11.8 Å². The molecule has 1 saturated carbocycles. The highest BCUT2D eigenvalue weighted by atomic mass is 16.2. The molecular formula is C18H27N3O2. The van der Waals surface area contributed by atoms with Crippen molar-refractivity contribution in [2.75, 3.05) is 13.1 Å². The van der Waals surface area contributed by atoms with E-state index in [-0.39, 0.29) is 29.7 Å². The number of carbonyl (C=O) groups is 2. The quantitative estimate of drug-likeness (QED) is 0.639. The molecule has 0 heterocycles. The zero-order chi connectivity index (χ0) is 16.7. The van der Waals surface area contributed by atoms with Crippen molar-refractivity contribution in [1.82, 2.24) is 10.6 Å². The molecule has 1 aliphatic carbocycles. The molecule has 0 aromatic heterocycles. The Labute approximate surface area is 138 Å². The lowest BCUT2D eigenvalue weighted by Crippen LogP contribution is -2.38. The van der Waals surface area contributed by atoms with E-state index in [0.29, 0.717) is 13.1 Å². The molecule has 5 heteroatoms. The van der Waals surface area contributed by atoms with Gasteiger partial charge in [-0.05, 0) is 24.8 Å². The molecule has 1 fully saturated rings. The first-order valence-corrected chi connectivity index (χ1v) is 8.45. The number of hydrogen-bond donors (Lipinski definition) is 3. The fourth-order valence-corrected chi connectivity index (χ4v) is 2.61. The standard InChI is InChI=1S/C18H27N3O2/c1-13(16(19)14-7-3-2-4-8-14)17(22)20-11-6-12-21-18(23)15-9-5-10-15/h2-4,7-8,13,15-16H,5-6,9-12,19H2,1H3,(H,20,22)(H,21,23). The van der Waals surface area contributed by atoms with Crippen molar-refractivity contribution in [2.24, 2.45) is 17.6 Å². The molecule has 0 saturated heterocycles. The van der Waals surface area contributed by atoms with Gasteiger partial charge in [0.15, 0.2) is 0 Å². The van der Waals surface area contributed by atoms with Gasteiger partial charge in [-0.1, -0.05) is 43.7 Å². The number of hydrogen-bond acceptors (Lipinski definition) is 3. The minimum Gasteiger partial charge on any atom is -0.356 e.